The van der Waals surface area contributed by atoms with E-state index in [9.17, 15) is 4.79 Å². The molecule has 0 radical (unpaired) electrons. The normalized spacial score (nSPS) is 10.5. The number of aromatic nitrogens is 1. The summed E-state index contributed by atoms with van der Waals surface area (Å²) in [5, 5.41) is 8.16. The third kappa shape index (κ3) is 3.39. The van der Waals surface area contributed by atoms with Gasteiger partial charge in [0.15, 0.2) is 5.13 Å². The lowest BCUT2D eigenvalue weighted by Gasteiger charge is -2.02. The van der Waals surface area contributed by atoms with Crippen molar-refractivity contribution in [3.63, 3.8) is 0 Å². The molecule has 2 N–H and O–H groups in total. The highest BCUT2D eigenvalue weighted by atomic mass is 32.1. The van der Waals surface area contributed by atoms with E-state index in [-0.39, 0.29) is 5.91 Å². The number of hydrogen-bond donors (Lipinski definition) is 2. The summed E-state index contributed by atoms with van der Waals surface area (Å²) in [7, 11) is 1.74. The Labute approximate surface area is 116 Å². The fraction of sp³-hybridized carbons (Fsp3) is 0.286. The molecule has 1 amide bonds. The van der Waals surface area contributed by atoms with Crippen LogP contribution in [-0.2, 0) is 4.79 Å². The van der Waals surface area contributed by atoms with Crippen LogP contribution >= 0.6 is 11.3 Å². The Kier molecular flexibility index (Phi) is 4.29. The van der Waals surface area contributed by atoms with Gasteiger partial charge in [0.05, 0.1) is 12.2 Å². The van der Waals surface area contributed by atoms with Crippen LogP contribution < -0.4 is 10.6 Å². The Balaban J connectivity index is 2.16. The summed E-state index contributed by atoms with van der Waals surface area (Å²) in [6, 6.07) is 6.25. The molecule has 0 spiro atoms. The van der Waals surface area contributed by atoms with Gasteiger partial charge in [0.25, 0.3) is 0 Å². The number of thiazole rings is 1. The molecule has 1 heterocycles. The number of carbonyl (C=O) groups excluding carboxylic acids is 1. The largest absolute Gasteiger partial charge is 0.311 e. The van der Waals surface area contributed by atoms with Gasteiger partial charge in [0, 0.05) is 10.9 Å². The van der Waals surface area contributed by atoms with Crippen LogP contribution in [-0.4, -0.2) is 24.5 Å². The molecule has 1 aromatic carbocycles. The minimum Gasteiger partial charge on any atom is -0.311 e. The van der Waals surface area contributed by atoms with Crippen LogP contribution in [0, 0.1) is 13.8 Å². The van der Waals surface area contributed by atoms with Crippen LogP contribution in [0.5, 0.6) is 0 Å². The highest BCUT2D eigenvalue weighted by Crippen LogP contribution is 2.26. The van der Waals surface area contributed by atoms with Crippen molar-refractivity contribution < 1.29 is 4.79 Å². The zero-order valence-corrected chi connectivity index (χ0v) is 12.1. The standard InChI is InChI=1S/C14H17N3OS/c1-9-4-5-11(6-10(9)2)12-8-19-14(16-12)17-13(18)7-15-3/h4-6,8,15H,7H2,1-3H3,(H,16,17,18). The third-order valence-electron chi connectivity index (χ3n) is 2.89. The minimum atomic E-state index is -0.0801. The predicted molar refractivity (Wildman–Crippen MR) is 79.6 cm³/mol. The highest BCUT2D eigenvalue weighted by Gasteiger charge is 2.08. The first-order valence-corrected chi connectivity index (χ1v) is 6.95. The Morgan fingerprint density at radius 1 is 1.32 bits per heavy atom. The highest BCUT2D eigenvalue weighted by molar-refractivity contribution is 7.14. The lowest BCUT2D eigenvalue weighted by atomic mass is 10.1. The molecule has 0 fully saturated rings. The second-order valence-electron chi connectivity index (χ2n) is 4.42. The molecule has 0 saturated heterocycles. The minimum absolute atomic E-state index is 0.0801. The number of nitrogens with zero attached hydrogens (tertiary/aromatic N) is 1. The zero-order valence-electron chi connectivity index (χ0n) is 11.3. The van der Waals surface area contributed by atoms with Gasteiger partial charge >= 0.3 is 0 Å². The lowest BCUT2D eigenvalue weighted by molar-refractivity contribution is -0.115. The van der Waals surface area contributed by atoms with Gasteiger partial charge in [-0.25, -0.2) is 4.98 Å². The molecule has 0 saturated carbocycles. The van der Waals surface area contributed by atoms with Crippen molar-refractivity contribution in [2.24, 2.45) is 0 Å². The van der Waals surface area contributed by atoms with Crippen molar-refractivity contribution in [3.8, 4) is 11.3 Å². The van der Waals surface area contributed by atoms with Crippen LogP contribution in [0.4, 0.5) is 5.13 Å². The molecule has 0 aliphatic carbocycles. The Bertz CT molecular complexity index is 592. The molecule has 19 heavy (non-hydrogen) atoms. The molecule has 2 aromatic rings. The summed E-state index contributed by atoms with van der Waals surface area (Å²) in [6.07, 6.45) is 0. The van der Waals surface area contributed by atoms with Gasteiger partial charge in [-0.3, -0.25) is 4.79 Å². The van der Waals surface area contributed by atoms with Crippen molar-refractivity contribution in [3.05, 3.63) is 34.7 Å². The predicted octanol–water partition coefficient (Wildman–Crippen LogP) is 2.58. The second kappa shape index (κ2) is 5.95. The van der Waals surface area contributed by atoms with Crippen molar-refractivity contribution in [2.45, 2.75) is 13.8 Å². The van der Waals surface area contributed by atoms with Gasteiger partial charge in [-0.2, -0.15) is 0 Å². The molecule has 5 heteroatoms. The first-order valence-electron chi connectivity index (χ1n) is 6.07. The fourth-order valence-electron chi connectivity index (χ4n) is 1.69. The average molecular weight is 275 g/mol. The topological polar surface area (TPSA) is 54.0 Å². The maximum absolute atomic E-state index is 11.5. The van der Waals surface area contributed by atoms with E-state index in [2.05, 4.69) is 47.7 Å². The summed E-state index contributed by atoms with van der Waals surface area (Å²) in [6.45, 7) is 4.46. The summed E-state index contributed by atoms with van der Waals surface area (Å²) in [5.41, 5.74) is 4.48. The molecule has 0 aliphatic heterocycles. The van der Waals surface area contributed by atoms with E-state index in [1.54, 1.807) is 7.05 Å². The van der Waals surface area contributed by atoms with E-state index in [1.165, 1.54) is 22.5 Å². The number of amides is 1. The van der Waals surface area contributed by atoms with Crippen LogP contribution in [0.1, 0.15) is 11.1 Å². The van der Waals surface area contributed by atoms with Gasteiger partial charge in [-0.05, 0) is 38.1 Å². The van der Waals surface area contributed by atoms with Crippen LogP contribution in [0.2, 0.25) is 0 Å². The summed E-state index contributed by atoms with van der Waals surface area (Å²) in [5.74, 6) is -0.0801. The quantitative estimate of drug-likeness (QED) is 0.901. The first-order chi connectivity index (χ1) is 9.10. The van der Waals surface area contributed by atoms with E-state index in [4.69, 9.17) is 0 Å². The Morgan fingerprint density at radius 3 is 2.79 bits per heavy atom. The summed E-state index contributed by atoms with van der Waals surface area (Å²) < 4.78 is 0. The molecular weight excluding hydrogens is 258 g/mol. The molecule has 0 bridgehead atoms. The van der Waals surface area contributed by atoms with E-state index < -0.39 is 0 Å². The van der Waals surface area contributed by atoms with Crippen molar-refractivity contribution in [1.82, 2.24) is 10.3 Å². The van der Waals surface area contributed by atoms with Gasteiger partial charge < -0.3 is 10.6 Å². The number of likely N-dealkylation sites (N-methyl/N-ethyl adjacent to an activating group) is 1. The molecule has 2 rings (SSSR count). The average Bonchev–Trinajstić information content (AvgIpc) is 2.81. The fourth-order valence-corrected chi connectivity index (χ4v) is 2.42. The SMILES string of the molecule is CNCC(=O)Nc1nc(-c2ccc(C)c(C)c2)cs1. The van der Waals surface area contributed by atoms with Gasteiger partial charge in [0.2, 0.25) is 5.91 Å². The number of aryl methyl sites for hydroxylation is 2. The van der Waals surface area contributed by atoms with Crippen LogP contribution in [0.25, 0.3) is 11.3 Å². The molecule has 100 valence electrons. The van der Waals surface area contributed by atoms with Crippen LogP contribution in [0.3, 0.4) is 0 Å². The molecule has 1 aromatic heterocycles. The van der Waals surface area contributed by atoms with Gasteiger partial charge in [-0.15, -0.1) is 11.3 Å². The first kappa shape index (κ1) is 13.7. The third-order valence-corrected chi connectivity index (χ3v) is 3.65. The summed E-state index contributed by atoms with van der Waals surface area (Å²) in [4.78, 5) is 15.9. The van der Waals surface area contributed by atoms with E-state index in [0.717, 1.165) is 11.3 Å². The molecule has 4 nitrogen and oxygen atoms in total. The maximum atomic E-state index is 11.5. The number of nitrogens with one attached hydrogen (secondary N) is 2. The Hall–Kier alpha value is -1.72. The molecular formula is C14H17N3OS. The molecule has 0 atom stereocenters. The smallest absolute Gasteiger partial charge is 0.240 e. The number of benzene rings is 1. The monoisotopic (exact) mass is 275 g/mol. The van der Waals surface area contributed by atoms with E-state index in [1.807, 2.05) is 5.38 Å². The van der Waals surface area contributed by atoms with Crippen molar-refractivity contribution >= 4 is 22.4 Å². The lowest BCUT2D eigenvalue weighted by Crippen LogP contribution is -2.24. The van der Waals surface area contributed by atoms with Crippen molar-refractivity contribution in [2.75, 3.05) is 18.9 Å². The number of hydrogen-bond acceptors (Lipinski definition) is 4. The molecule has 0 unspecified atom stereocenters. The molecule has 0 aliphatic rings. The zero-order chi connectivity index (χ0) is 13.8. The number of carbonyl (C=O) groups is 1. The number of anilines is 1. The van der Waals surface area contributed by atoms with E-state index >= 15 is 0 Å². The maximum Gasteiger partial charge on any atom is 0.240 e. The Morgan fingerprint density at radius 2 is 2.11 bits per heavy atom. The van der Waals surface area contributed by atoms with Gasteiger partial charge in [-0.1, -0.05) is 12.1 Å². The summed E-state index contributed by atoms with van der Waals surface area (Å²) >= 11 is 1.44. The van der Waals surface area contributed by atoms with E-state index in [0.29, 0.717) is 11.7 Å². The second-order valence-corrected chi connectivity index (χ2v) is 5.27. The number of rotatable bonds is 4. The van der Waals surface area contributed by atoms with Crippen LogP contribution in [0.15, 0.2) is 23.6 Å². The van der Waals surface area contributed by atoms with Gasteiger partial charge in [0.1, 0.15) is 0 Å². The van der Waals surface area contributed by atoms with Crippen molar-refractivity contribution in [1.29, 1.82) is 0 Å².